The maximum Gasteiger partial charge on any atom is 0.245 e. The van der Waals surface area contributed by atoms with Gasteiger partial charge < -0.3 is 0 Å². The Balaban J connectivity index is 3.30. The zero-order valence-corrected chi connectivity index (χ0v) is 12.5. The first kappa shape index (κ1) is 16.3. The summed E-state index contributed by atoms with van der Waals surface area (Å²) in [7, 11) is -2.62. The fourth-order valence-electron chi connectivity index (χ4n) is 1.68. The van der Waals surface area contributed by atoms with Crippen molar-refractivity contribution in [3.8, 4) is 0 Å². The molecule has 108 valence electrons. The van der Waals surface area contributed by atoms with Crippen molar-refractivity contribution in [2.75, 3.05) is 13.6 Å². The number of alkyl halides is 1. The summed E-state index contributed by atoms with van der Waals surface area (Å²) in [6.45, 7) is 3.93. The molecule has 0 N–H and O–H groups in total. The highest BCUT2D eigenvalue weighted by Gasteiger charge is 2.27. The highest BCUT2D eigenvalue weighted by Crippen LogP contribution is 2.24. The van der Waals surface area contributed by atoms with Crippen molar-refractivity contribution < 1.29 is 17.2 Å². The summed E-state index contributed by atoms with van der Waals surface area (Å²) in [5, 5.41) is 0. The molecule has 1 rings (SSSR count). The molecule has 7 heteroatoms. The van der Waals surface area contributed by atoms with Gasteiger partial charge in [-0.2, -0.15) is 0 Å². The van der Waals surface area contributed by atoms with Crippen LogP contribution < -0.4 is 0 Å². The largest absolute Gasteiger partial charge is 0.245 e. The SMILES string of the molecule is CC(C)CN(C)S(=O)(=O)c1ccc(F)c(CCl)c1F. The van der Waals surface area contributed by atoms with Crippen LogP contribution in [-0.2, 0) is 15.9 Å². The van der Waals surface area contributed by atoms with E-state index in [1.807, 2.05) is 13.8 Å². The third-order valence-electron chi connectivity index (χ3n) is 2.59. The maximum atomic E-state index is 14.0. The molecule has 1 aromatic carbocycles. The molecule has 0 saturated heterocycles. The Morgan fingerprint density at radius 1 is 1.32 bits per heavy atom. The molecular formula is C12H16ClF2NO2S. The fraction of sp³-hybridized carbons (Fsp3) is 0.500. The quantitative estimate of drug-likeness (QED) is 0.784. The molecule has 0 unspecified atom stereocenters. The van der Waals surface area contributed by atoms with E-state index in [-0.39, 0.29) is 12.5 Å². The van der Waals surface area contributed by atoms with Gasteiger partial charge >= 0.3 is 0 Å². The van der Waals surface area contributed by atoms with E-state index in [9.17, 15) is 17.2 Å². The van der Waals surface area contributed by atoms with E-state index >= 15 is 0 Å². The van der Waals surface area contributed by atoms with E-state index in [1.54, 1.807) is 0 Å². The van der Waals surface area contributed by atoms with E-state index in [4.69, 9.17) is 11.6 Å². The number of benzene rings is 1. The molecule has 1 aromatic rings. The number of rotatable bonds is 5. The fourth-order valence-corrected chi connectivity index (χ4v) is 3.34. The Labute approximate surface area is 117 Å². The van der Waals surface area contributed by atoms with Crippen LogP contribution in [0.5, 0.6) is 0 Å². The molecule has 0 aliphatic carbocycles. The average Bonchev–Trinajstić information content (AvgIpc) is 2.28. The molecule has 0 amide bonds. The minimum atomic E-state index is -3.98. The smallest absolute Gasteiger partial charge is 0.207 e. The molecule has 0 radical (unpaired) electrons. The van der Waals surface area contributed by atoms with Gasteiger partial charge in [-0.05, 0) is 18.1 Å². The molecule has 0 aromatic heterocycles. The minimum Gasteiger partial charge on any atom is -0.207 e. The summed E-state index contributed by atoms with van der Waals surface area (Å²) < 4.78 is 52.7. The first-order chi connectivity index (χ1) is 8.71. The predicted octanol–water partition coefficient (Wildman–Crippen LogP) is 2.98. The first-order valence-corrected chi connectivity index (χ1v) is 7.68. The molecule has 0 heterocycles. The Hall–Kier alpha value is -0.720. The van der Waals surface area contributed by atoms with Gasteiger partial charge in [-0.3, -0.25) is 0 Å². The van der Waals surface area contributed by atoms with Crippen molar-refractivity contribution in [2.45, 2.75) is 24.6 Å². The number of hydrogen-bond donors (Lipinski definition) is 0. The van der Waals surface area contributed by atoms with Gasteiger partial charge in [0.15, 0.2) is 5.82 Å². The topological polar surface area (TPSA) is 37.4 Å². The molecule has 0 atom stereocenters. The molecule has 3 nitrogen and oxygen atoms in total. The highest BCUT2D eigenvalue weighted by molar-refractivity contribution is 7.89. The second-order valence-corrected chi connectivity index (χ2v) is 6.93. The molecule has 0 bridgehead atoms. The van der Waals surface area contributed by atoms with Gasteiger partial charge in [0, 0.05) is 19.2 Å². The lowest BCUT2D eigenvalue weighted by Crippen LogP contribution is -2.31. The van der Waals surface area contributed by atoms with Crippen LogP contribution in [0.1, 0.15) is 19.4 Å². The van der Waals surface area contributed by atoms with Crippen molar-refractivity contribution in [3.63, 3.8) is 0 Å². The number of nitrogens with zero attached hydrogens (tertiary/aromatic N) is 1. The second-order valence-electron chi connectivity index (χ2n) is 4.65. The molecular weight excluding hydrogens is 296 g/mol. The van der Waals surface area contributed by atoms with Crippen LogP contribution in [0.15, 0.2) is 17.0 Å². The van der Waals surface area contributed by atoms with Crippen molar-refractivity contribution in [1.82, 2.24) is 4.31 Å². The molecule has 0 aliphatic rings. The van der Waals surface area contributed by atoms with E-state index in [0.29, 0.717) is 0 Å². The normalized spacial score (nSPS) is 12.4. The standard InChI is InChI=1S/C12H16ClF2NO2S/c1-8(2)7-16(3)19(17,18)11-5-4-10(14)9(6-13)12(11)15/h4-5,8H,6-7H2,1-3H3. The number of hydrogen-bond acceptors (Lipinski definition) is 2. The van der Waals surface area contributed by atoms with Crippen LogP contribution in [0.25, 0.3) is 0 Å². The van der Waals surface area contributed by atoms with Gasteiger partial charge in [-0.1, -0.05) is 13.8 Å². The van der Waals surface area contributed by atoms with Gasteiger partial charge in [-0.25, -0.2) is 21.5 Å². The van der Waals surface area contributed by atoms with Crippen LogP contribution in [0, 0.1) is 17.6 Å². The monoisotopic (exact) mass is 311 g/mol. The third kappa shape index (κ3) is 3.43. The van der Waals surface area contributed by atoms with Gasteiger partial charge in [-0.15, -0.1) is 11.6 Å². The van der Waals surface area contributed by atoms with Crippen LogP contribution in [0.4, 0.5) is 8.78 Å². The second kappa shape index (κ2) is 6.15. The van der Waals surface area contributed by atoms with Crippen molar-refractivity contribution in [1.29, 1.82) is 0 Å². The predicted molar refractivity (Wildman–Crippen MR) is 70.6 cm³/mol. The summed E-state index contributed by atoms with van der Waals surface area (Å²) in [6.07, 6.45) is 0. The molecule has 0 saturated carbocycles. The first-order valence-electron chi connectivity index (χ1n) is 5.71. The van der Waals surface area contributed by atoms with Crippen LogP contribution in [0.3, 0.4) is 0 Å². The summed E-state index contributed by atoms with van der Waals surface area (Å²) in [4.78, 5) is -0.548. The van der Waals surface area contributed by atoms with Crippen molar-refractivity contribution in [2.24, 2.45) is 5.92 Å². The van der Waals surface area contributed by atoms with Crippen LogP contribution in [0.2, 0.25) is 0 Å². The lowest BCUT2D eigenvalue weighted by Gasteiger charge is -2.20. The summed E-state index contributed by atoms with van der Waals surface area (Å²) in [5.41, 5.74) is -0.430. The highest BCUT2D eigenvalue weighted by atomic mass is 35.5. The summed E-state index contributed by atoms with van der Waals surface area (Å²) in [6, 6.07) is 1.84. The Bertz CT molecular complexity index is 561. The van der Waals surface area contributed by atoms with E-state index in [0.717, 1.165) is 16.4 Å². The molecule has 0 aliphatic heterocycles. The number of halogens is 3. The van der Waals surface area contributed by atoms with Gasteiger partial charge in [0.05, 0.1) is 5.88 Å². The molecule has 0 fully saturated rings. The van der Waals surface area contributed by atoms with E-state index in [2.05, 4.69) is 0 Å². The van der Waals surface area contributed by atoms with Crippen LogP contribution >= 0.6 is 11.6 Å². The van der Waals surface area contributed by atoms with Gasteiger partial charge in [0.2, 0.25) is 10.0 Å². The summed E-state index contributed by atoms with van der Waals surface area (Å²) in [5.74, 6) is -2.30. The van der Waals surface area contributed by atoms with Crippen molar-refractivity contribution >= 4 is 21.6 Å². The zero-order chi connectivity index (χ0) is 14.8. The van der Waals surface area contributed by atoms with Gasteiger partial charge in [0.25, 0.3) is 0 Å². The van der Waals surface area contributed by atoms with E-state index in [1.165, 1.54) is 7.05 Å². The Morgan fingerprint density at radius 2 is 1.89 bits per heavy atom. The third-order valence-corrected chi connectivity index (χ3v) is 4.70. The Morgan fingerprint density at radius 3 is 2.37 bits per heavy atom. The molecule has 0 spiro atoms. The number of sulfonamides is 1. The average molecular weight is 312 g/mol. The minimum absolute atomic E-state index is 0.0933. The summed E-state index contributed by atoms with van der Waals surface area (Å²) >= 11 is 5.44. The lowest BCUT2D eigenvalue weighted by atomic mass is 10.2. The van der Waals surface area contributed by atoms with Crippen molar-refractivity contribution in [3.05, 3.63) is 29.3 Å². The Kier molecular flexibility index (Phi) is 5.29. The van der Waals surface area contributed by atoms with E-state index < -0.39 is 38.0 Å². The zero-order valence-electron chi connectivity index (χ0n) is 11.0. The van der Waals surface area contributed by atoms with Crippen LogP contribution in [-0.4, -0.2) is 26.3 Å². The molecule has 19 heavy (non-hydrogen) atoms. The lowest BCUT2D eigenvalue weighted by molar-refractivity contribution is 0.413. The maximum absolute atomic E-state index is 14.0. The van der Waals surface area contributed by atoms with Gasteiger partial charge in [0.1, 0.15) is 10.7 Å².